The quantitative estimate of drug-likeness (QED) is 0.0189. The Morgan fingerprint density at radius 3 is 1.44 bits per heavy atom. The Morgan fingerprint density at radius 2 is 1.06 bits per heavy atom. The number of amides is 1. The molecule has 6 unspecified atom stereocenters. The summed E-state index contributed by atoms with van der Waals surface area (Å²) in [6, 6.07) is 5.64. The minimum Gasteiger partial charge on any atom is -0.462 e. The van der Waals surface area contributed by atoms with E-state index >= 15 is 0 Å². The first-order chi connectivity index (χ1) is 47.0. The first kappa shape index (κ1) is 107. The lowest BCUT2D eigenvalue weighted by Gasteiger charge is -2.43. The minimum atomic E-state index is -0.502. The van der Waals surface area contributed by atoms with Crippen LogP contribution < -0.4 is 5.32 Å². The lowest BCUT2D eigenvalue weighted by Crippen LogP contribution is -2.39. The zero-order valence-electron chi connectivity index (χ0n) is 65.7. The highest BCUT2D eigenvalue weighted by Gasteiger charge is 2.39. The summed E-state index contributed by atoms with van der Waals surface area (Å²) in [5, 5.41) is 35.5. The molecule has 0 aliphatic heterocycles. The number of aliphatic hydroxyl groups excluding tert-OH is 1. The van der Waals surface area contributed by atoms with Gasteiger partial charge in [0.2, 0.25) is 6.54 Å². The number of ether oxygens (including phenoxy) is 11. The van der Waals surface area contributed by atoms with Gasteiger partial charge in [-0.1, -0.05) is 136 Å². The molecule has 0 aromatic rings. The van der Waals surface area contributed by atoms with E-state index in [1.807, 2.05) is 74.5 Å². The molecule has 23 heteroatoms. The normalized spacial score (nSPS) is 14.9. The van der Waals surface area contributed by atoms with Gasteiger partial charge in [-0.3, -0.25) is 4.79 Å². The van der Waals surface area contributed by atoms with Crippen LogP contribution in [0.2, 0.25) is 0 Å². The molecule has 0 spiro atoms. The zero-order chi connectivity index (χ0) is 78.4. The first-order valence-corrected chi connectivity index (χ1v) is 35.5. The number of aliphatic hydroxyl groups is 1. The Balaban J connectivity index is -0.000000200. The summed E-state index contributed by atoms with van der Waals surface area (Å²) in [5.41, 5.74) is 0.805. The fraction of sp³-hybridized carbons (Fsp3) is 0.766. The summed E-state index contributed by atoms with van der Waals surface area (Å²) in [6.07, 6.45) is 15.7. The molecule has 1 rings (SSSR count). The van der Waals surface area contributed by atoms with Crippen LogP contribution in [0.5, 0.6) is 0 Å². The van der Waals surface area contributed by atoms with Crippen molar-refractivity contribution < 1.29 is 86.0 Å². The Labute approximate surface area is 605 Å². The average molecular weight is 1420 g/mol. The number of hydrogen-bond donors (Lipinski definition) is 2. The molecular formula is C77H137N5O18. The number of alkyl carbamates (subject to hydrolysis) is 1. The maximum Gasteiger partial charge on any atom is 0.407 e. The molecule has 0 saturated heterocycles. The number of nitrogens with zero attached hydrogens (tertiary/aromatic N) is 4. The SMILES string of the molecule is C=C(C)C(=O)OC1(C)CCC(C(C)(C)CC)CC1.C=C(CO)C(=O)OCC(C)CC.C=CC(=O)OCC(C)(C)CC.C=CC(=O)OCCOC(C)CC.CCC(C)OCCOC(=O)CC#N.CCC(C)OCCOC(=O)NCCC#N.CCC(C)OCCOCCC#N.[C-]#[N+]CC(C)CC. The van der Waals surface area contributed by atoms with E-state index in [-0.39, 0.29) is 73.1 Å². The molecule has 1 aliphatic carbocycles. The van der Waals surface area contributed by atoms with Gasteiger partial charge in [-0.2, -0.15) is 15.8 Å². The maximum absolute atomic E-state index is 11.6. The number of carbonyl (C=O) groups is 6. The van der Waals surface area contributed by atoms with E-state index in [4.69, 9.17) is 79.6 Å². The molecule has 1 fully saturated rings. The van der Waals surface area contributed by atoms with Crippen LogP contribution in [0.3, 0.4) is 0 Å². The molecule has 1 saturated carbocycles. The molecule has 100 heavy (non-hydrogen) atoms. The third kappa shape index (κ3) is 75.5. The van der Waals surface area contributed by atoms with Crippen LogP contribution >= 0.6 is 0 Å². The maximum atomic E-state index is 11.6. The summed E-state index contributed by atoms with van der Waals surface area (Å²) in [4.78, 5) is 68.6. The van der Waals surface area contributed by atoms with Crippen LogP contribution in [0.25, 0.3) is 4.85 Å². The van der Waals surface area contributed by atoms with E-state index in [0.717, 1.165) is 82.6 Å². The van der Waals surface area contributed by atoms with E-state index in [9.17, 15) is 28.8 Å². The molecule has 0 heterocycles. The van der Waals surface area contributed by atoms with Crippen LogP contribution in [0.1, 0.15) is 235 Å². The molecule has 0 radical (unpaired) electrons. The van der Waals surface area contributed by atoms with Crippen molar-refractivity contribution in [3.05, 3.63) is 61.0 Å². The number of hydrogen-bond acceptors (Lipinski definition) is 21. The van der Waals surface area contributed by atoms with Crippen molar-refractivity contribution in [3.8, 4) is 18.2 Å². The third-order valence-corrected chi connectivity index (χ3v) is 15.6. The van der Waals surface area contributed by atoms with Gasteiger partial charge < -0.3 is 67.4 Å². The topological polar surface area (TPSA) is 312 Å². The Bertz CT molecular complexity index is 2310. The minimum absolute atomic E-state index is 0.0820. The Morgan fingerprint density at radius 1 is 0.610 bits per heavy atom. The highest BCUT2D eigenvalue weighted by Crippen LogP contribution is 2.44. The van der Waals surface area contributed by atoms with Crippen molar-refractivity contribution in [3.63, 3.8) is 0 Å². The number of nitriles is 3. The van der Waals surface area contributed by atoms with Gasteiger partial charge in [0.1, 0.15) is 31.8 Å². The van der Waals surface area contributed by atoms with E-state index < -0.39 is 24.0 Å². The van der Waals surface area contributed by atoms with E-state index in [1.54, 1.807) is 13.0 Å². The lowest BCUT2D eigenvalue weighted by atomic mass is 9.67. The number of carbonyl (C=O) groups excluding carboxylic acids is 6. The van der Waals surface area contributed by atoms with Crippen LogP contribution in [-0.2, 0) is 76.1 Å². The van der Waals surface area contributed by atoms with Crippen LogP contribution in [0.15, 0.2) is 49.6 Å². The molecule has 6 atom stereocenters. The van der Waals surface area contributed by atoms with Gasteiger partial charge in [0, 0.05) is 30.2 Å². The predicted octanol–water partition coefficient (Wildman–Crippen LogP) is 15.7. The molecule has 23 nitrogen and oxygen atoms in total. The second-order valence-electron chi connectivity index (χ2n) is 25.6. The van der Waals surface area contributed by atoms with Gasteiger partial charge in [0.25, 0.3) is 0 Å². The van der Waals surface area contributed by atoms with Crippen LogP contribution in [0.4, 0.5) is 4.79 Å². The molecule has 578 valence electrons. The molecule has 2 N–H and O–H groups in total. The fourth-order valence-corrected chi connectivity index (χ4v) is 6.55. The molecule has 1 aliphatic rings. The van der Waals surface area contributed by atoms with Gasteiger partial charge in [-0.05, 0) is 128 Å². The largest absolute Gasteiger partial charge is 0.462 e. The highest BCUT2D eigenvalue weighted by atomic mass is 16.6. The number of rotatable bonds is 41. The van der Waals surface area contributed by atoms with Crippen molar-refractivity contribution in [1.29, 1.82) is 15.8 Å². The Kier molecular flexibility index (Phi) is 76.9. The summed E-state index contributed by atoms with van der Waals surface area (Å²) in [6.45, 7) is 66.6. The van der Waals surface area contributed by atoms with E-state index in [2.05, 4.69) is 106 Å². The highest BCUT2D eigenvalue weighted by molar-refractivity contribution is 5.88. The van der Waals surface area contributed by atoms with Crippen LogP contribution in [-0.4, -0.2) is 163 Å². The summed E-state index contributed by atoms with van der Waals surface area (Å²) >= 11 is 0. The fourth-order valence-electron chi connectivity index (χ4n) is 6.55. The van der Waals surface area contributed by atoms with Gasteiger partial charge >= 0.3 is 35.9 Å². The molecular weight excluding hydrogens is 1280 g/mol. The molecule has 0 aromatic carbocycles. The van der Waals surface area contributed by atoms with E-state index in [1.165, 1.54) is 12.5 Å². The Hall–Kier alpha value is -6.70. The predicted molar refractivity (Wildman–Crippen MR) is 394 cm³/mol. The molecule has 1 amide bonds. The number of nitrogens with one attached hydrogen (secondary N) is 1. The second kappa shape index (κ2) is 72.1. The average Bonchev–Trinajstić information content (AvgIpc) is 0.818. The van der Waals surface area contributed by atoms with Crippen molar-refractivity contribution in [1.82, 2.24) is 5.32 Å². The van der Waals surface area contributed by atoms with E-state index in [0.29, 0.717) is 114 Å². The lowest BCUT2D eigenvalue weighted by molar-refractivity contribution is -0.158. The van der Waals surface area contributed by atoms with Gasteiger partial charge in [-0.25, -0.2) is 30.5 Å². The van der Waals surface area contributed by atoms with Gasteiger partial charge in [0.15, 0.2) is 0 Å². The zero-order valence-corrected chi connectivity index (χ0v) is 65.7. The summed E-state index contributed by atoms with van der Waals surface area (Å²) < 4.78 is 55.9. The van der Waals surface area contributed by atoms with Gasteiger partial charge in [-0.15, -0.1) is 0 Å². The van der Waals surface area contributed by atoms with Crippen molar-refractivity contribution in [2.24, 2.45) is 28.6 Å². The molecule has 0 aromatic heterocycles. The summed E-state index contributed by atoms with van der Waals surface area (Å²) in [7, 11) is 0. The first-order valence-electron chi connectivity index (χ1n) is 35.5. The standard InChI is InChI=1S/C16H28O2.C10H18N2O3.C9H15NO3.C9H17NO2.2C9H16O3.C9H16O2.C6H11N/c1-7-15(4,5)13-8-10-16(6,11-9-13)18-14(17)12(2)3;1-3-9(2)14-7-8-15-10(13)12-6-4-5-11;1-3-8(2)12-6-7-13-9(11)4-5-10;1-3-9(2)12-8-7-11-6-4-5-10;1-4-7(2)6-12-9(11)8(3)5-10;1-4-8(3)11-6-7-12-9(10)5-2;1-5-8(10)11-7-9(3,4)6-2;1-4-6(2)5-7-3/h13H,2,7-11H2,1,3-6H3;9H,3-4,6-8H2,1-2H3,(H,12,13);8H,3-4,6-7H2,1-2H3;9H,3-4,6-8H2,1-2H3;7,10H,3-6H2,1-2H3;5,8H,2,4,6-7H2,1,3H3;5H,1,6-7H2,2-4H3;6H,4-5H2,1-2H3. The van der Waals surface area contributed by atoms with Crippen molar-refractivity contribution >= 4 is 35.9 Å². The third-order valence-electron chi connectivity index (χ3n) is 15.6. The smallest absolute Gasteiger partial charge is 0.407 e. The van der Waals surface area contributed by atoms with Crippen LogP contribution in [0, 0.1) is 69.1 Å². The van der Waals surface area contributed by atoms with Gasteiger partial charge in [0.05, 0.1) is 121 Å². The van der Waals surface area contributed by atoms with Crippen molar-refractivity contribution in [2.75, 3.05) is 92.4 Å². The van der Waals surface area contributed by atoms with Crippen molar-refractivity contribution in [2.45, 2.75) is 265 Å². The molecule has 0 bridgehead atoms. The monoisotopic (exact) mass is 1420 g/mol. The summed E-state index contributed by atoms with van der Waals surface area (Å²) in [5.74, 6) is -0.273. The second-order valence-corrected chi connectivity index (χ2v) is 25.6. The number of esters is 5.